The Morgan fingerprint density at radius 3 is 2.53 bits per heavy atom. The van der Waals surface area contributed by atoms with Crippen LogP contribution in [0.15, 0.2) is 35.5 Å². The molecule has 0 saturated carbocycles. The summed E-state index contributed by atoms with van der Waals surface area (Å²) in [5.74, 6) is -0.258. The van der Waals surface area contributed by atoms with Crippen LogP contribution in [0.1, 0.15) is 91.2 Å². The van der Waals surface area contributed by atoms with Crippen molar-refractivity contribution in [2.75, 3.05) is 18.5 Å². The van der Waals surface area contributed by atoms with Gasteiger partial charge in [0.05, 0.1) is 18.2 Å². The Bertz CT molecular complexity index is 878. The lowest BCUT2D eigenvalue weighted by molar-refractivity contribution is -0.140. The second kappa shape index (κ2) is 13.8. The smallest absolute Gasteiger partial charge is 0.338 e. The van der Waals surface area contributed by atoms with Crippen LogP contribution in [-0.2, 0) is 14.3 Å². The third-order valence-corrected chi connectivity index (χ3v) is 5.82. The molecule has 1 unspecified atom stereocenters. The molecule has 1 aromatic rings. The van der Waals surface area contributed by atoms with E-state index >= 15 is 0 Å². The Morgan fingerprint density at radius 2 is 1.85 bits per heavy atom. The number of amides is 3. The van der Waals surface area contributed by atoms with Crippen molar-refractivity contribution in [1.29, 1.82) is 0 Å². The molecule has 0 radical (unpaired) electrons. The minimum atomic E-state index is -0.647. The van der Waals surface area contributed by atoms with Crippen molar-refractivity contribution in [1.82, 2.24) is 10.2 Å². The van der Waals surface area contributed by atoms with Crippen molar-refractivity contribution < 1.29 is 19.1 Å². The highest BCUT2D eigenvalue weighted by Crippen LogP contribution is 2.32. The summed E-state index contributed by atoms with van der Waals surface area (Å²) in [5, 5.41) is 5.92. The molecular weight excluding hydrogens is 430 g/mol. The average molecular weight is 472 g/mol. The fourth-order valence-electron chi connectivity index (χ4n) is 4.02. The van der Waals surface area contributed by atoms with Crippen LogP contribution in [0.25, 0.3) is 0 Å². The molecule has 0 aliphatic carbocycles. The molecular formula is C27H41N3O4. The van der Waals surface area contributed by atoms with Gasteiger partial charge in [-0.2, -0.15) is 0 Å². The summed E-state index contributed by atoms with van der Waals surface area (Å²) in [6, 6.07) is 6.42. The molecule has 0 bridgehead atoms. The Kier molecular flexibility index (Phi) is 11.1. The van der Waals surface area contributed by atoms with Crippen molar-refractivity contribution in [3.63, 3.8) is 0 Å². The van der Waals surface area contributed by atoms with Gasteiger partial charge >= 0.3 is 12.0 Å². The van der Waals surface area contributed by atoms with Gasteiger partial charge in [-0.3, -0.25) is 9.69 Å². The average Bonchev–Trinajstić information content (AvgIpc) is 2.80. The van der Waals surface area contributed by atoms with E-state index < -0.39 is 12.0 Å². The number of nitrogens with zero attached hydrogens (tertiary/aromatic N) is 1. The largest absolute Gasteiger partial charge is 0.462 e. The number of hydrogen-bond acceptors (Lipinski definition) is 4. The molecule has 1 aromatic carbocycles. The fourth-order valence-corrected chi connectivity index (χ4v) is 4.02. The summed E-state index contributed by atoms with van der Waals surface area (Å²) in [5.41, 5.74) is 2.40. The number of ether oxygens (including phenoxy) is 1. The standard InChI is InChI=1S/C27H41N3O4/c1-6-8-9-10-11-15-23(31)28-22-14-12-13-21(17-22)25-24(26(32)34-18-19(3)4)20(5)30(16-7-2)27(33)29-25/h12-14,17,19,25H,6-11,15-16,18H2,1-5H3,(H,28,31)(H,29,33). The highest BCUT2D eigenvalue weighted by molar-refractivity contribution is 5.95. The van der Waals surface area contributed by atoms with Crippen LogP contribution >= 0.6 is 0 Å². The number of unbranched alkanes of at least 4 members (excludes halogenated alkanes) is 4. The zero-order chi connectivity index (χ0) is 25.1. The van der Waals surface area contributed by atoms with Crippen LogP contribution in [0, 0.1) is 5.92 Å². The number of allylic oxidation sites excluding steroid dienone is 1. The van der Waals surface area contributed by atoms with Gasteiger partial charge in [-0.1, -0.05) is 65.5 Å². The van der Waals surface area contributed by atoms with E-state index in [9.17, 15) is 14.4 Å². The van der Waals surface area contributed by atoms with Crippen molar-refractivity contribution in [3.8, 4) is 0 Å². The first kappa shape index (κ1) is 27.4. The normalized spacial score (nSPS) is 16.0. The van der Waals surface area contributed by atoms with Crippen LogP contribution in [-0.4, -0.2) is 36.0 Å². The first-order chi connectivity index (χ1) is 16.3. The van der Waals surface area contributed by atoms with Gasteiger partial charge in [-0.15, -0.1) is 0 Å². The minimum absolute atomic E-state index is 0.0289. The summed E-state index contributed by atoms with van der Waals surface area (Å²) in [6.45, 7) is 10.7. The van der Waals surface area contributed by atoms with Crippen LogP contribution < -0.4 is 10.6 Å². The van der Waals surface area contributed by atoms with Gasteiger partial charge in [0, 0.05) is 24.4 Å². The van der Waals surface area contributed by atoms with Crippen molar-refractivity contribution in [2.24, 2.45) is 5.92 Å². The van der Waals surface area contributed by atoms with Crippen molar-refractivity contribution in [3.05, 3.63) is 41.1 Å². The van der Waals surface area contributed by atoms with E-state index in [4.69, 9.17) is 4.74 Å². The number of carbonyl (C=O) groups excluding carboxylic acids is 3. The number of carbonyl (C=O) groups is 3. The van der Waals surface area contributed by atoms with Gasteiger partial charge < -0.3 is 15.4 Å². The molecule has 1 heterocycles. The zero-order valence-corrected chi connectivity index (χ0v) is 21.4. The van der Waals surface area contributed by atoms with Gasteiger partial charge in [-0.25, -0.2) is 9.59 Å². The number of anilines is 1. The van der Waals surface area contributed by atoms with E-state index in [2.05, 4.69) is 17.6 Å². The number of nitrogens with one attached hydrogen (secondary N) is 2. The van der Waals surface area contributed by atoms with Crippen LogP contribution in [0.3, 0.4) is 0 Å². The van der Waals surface area contributed by atoms with Gasteiger partial charge in [0.2, 0.25) is 5.91 Å². The van der Waals surface area contributed by atoms with Crippen molar-refractivity contribution >= 4 is 23.6 Å². The predicted molar refractivity (Wildman–Crippen MR) is 135 cm³/mol. The van der Waals surface area contributed by atoms with Gasteiger partial charge in [-0.05, 0) is 43.4 Å². The molecule has 2 N–H and O–H groups in total. The lowest BCUT2D eigenvalue weighted by atomic mass is 9.94. The molecule has 0 spiro atoms. The second-order valence-corrected chi connectivity index (χ2v) is 9.36. The van der Waals surface area contributed by atoms with E-state index in [-0.39, 0.29) is 17.9 Å². The molecule has 3 amide bonds. The monoisotopic (exact) mass is 471 g/mol. The topological polar surface area (TPSA) is 87.7 Å². The third kappa shape index (κ3) is 7.89. The number of esters is 1. The molecule has 0 saturated heterocycles. The maximum Gasteiger partial charge on any atom is 0.338 e. The van der Waals surface area contributed by atoms with Crippen molar-refractivity contribution in [2.45, 2.75) is 85.6 Å². The Morgan fingerprint density at radius 1 is 1.12 bits per heavy atom. The summed E-state index contributed by atoms with van der Waals surface area (Å²) >= 11 is 0. The van der Waals surface area contributed by atoms with Gasteiger partial charge in [0.15, 0.2) is 0 Å². The van der Waals surface area contributed by atoms with E-state index in [0.717, 1.165) is 31.2 Å². The first-order valence-electron chi connectivity index (χ1n) is 12.6. The van der Waals surface area contributed by atoms with Crippen LogP contribution in [0.5, 0.6) is 0 Å². The number of benzene rings is 1. The minimum Gasteiger partial charge on any atom is -0.462 e. The Labute approximate surface area is 204 Å². The predicted octanol–water partition coefficient (Wildman–Crippen LogP) is 5.94. The molecule has 34 heavy (non-hydrogen) atoms. The number of rotatable bonds is 13. The first-order valence-corrected chi connectivity index (χ1v) is 12.6. The SMILES string of the molecule is CCCCCCCC(=O)Nc1cccc(C2NC(=O)N(CCC)C(C)=C2C(=O)OCC(C)C)c1. The summed E-state index contributed by atoms with van der Waals surface area (Å²) in [4.78, 5) is 39.9. The molecule has 1 aliphatic heterocycles. The molecule has 0 fully saturated rings. The van der Waals surface area contributed by atoms with Crippen LogP contribution in [0.4, 0.5) is 10.5 Å². The van der Waals surface area contributed by atoms with Crippen LogP contribution in [0.2, 0.25) is 0 Å². The highest BCUT2D eigenvalue weighted by Gasteiger charge is 2.36. The van der Waals surface area contributed by atoms with E-state index in [0.29, 0.717) is 36.5 Å². The number of hydrogen-bond donors (Lipinski definition) is 2. The maximum atomic E-state index is 13.1. The third-order valence-electron chi connectivity index (χ3n) is 5.82. The summed E-state index contributed by atoms with van der Waals surface area (Å²) in [7, 11) is 0. The molecule has 1 atom stereocenters. The molecule has 188 valence electrons. The molecule has 7 nitrogen and oxygen atoms in total. The molecule has 2 rings (SSSR count). The van der Waals surface area contributed by atoms with E-state index in [1.807, 2.05) is 45.0 Å². The number of urea groups is 1. The van der Waals surface area contributed by atoms with Gasteiger partial charge in [0.25, 0.3) is 0 Å². The Hall–Kier alpha value is -2.83. The zero-order valence-electron chi connectivity index (χ0n) is 21.4. The quantitative estimate of drug-likeness (QED) is 0.275. The lowest BCUT2D eigenvalue weighted by Crippen LogP contribution is -2.48. The fraction of sp³-hybridized carbons (Fsp3) is 0.593. The maximum absolute atomic E-state index is 13.1. The summed E-state index contributed by atoms with van der Waals surface area (Å²) in [6.07, 6.45) is 6.68. The van der Waals surface area contributed by atoms with E-state index in [1.54, 1.807) is 11.8 Å². The van der Waals surface area contributed by atoms with Gasteiger partial charge in [0.1, 0.15) is 0 Å². The second-order valence-electron chi connectivity index (χ2n) is 9.36. The molecule has 0 aromatic heterocycles. The highest BCUT2D eigenvalue weighted by atomic mass is 16.5. The van der Waals surface area contributed by atoms with E-state index in [1.165, 1.54) is 12.8 Å². The lowest BCUT2D eigenvalue weighted by Gasteiger charge is -2.35. The molecule has 1 aliphatic rings. The Balaban J connectivity index is 2.23. The molecule has 7 heteroatoms. The summed E-state index contributed by atoms with van der Waals surface area (Å²) < 4.78 is 5.55.